The first kappa shape index (κ1) is 10.8. The molecule has 0 saturated carbocycles. The van der Waals surface area contributed by atoms with Gasteiger partial charge < -0.3 is 0 Å². The van der Waals surface area contributed by atoms with E-state index in [9.17, 15) is 26.3 Å². The Morgan fingerprint density at radius 2 is 1.57 bits per heavy atom. The lowest BCUT2D eigenvalue weighted by Gasteiger charge is -2.09. The zero-order valence-electron chi connectivity index (χ0n) is 6.37. The lowest BCUT2D eigenvalue weighted by molar-refractivity contribution is -0.145. The van der Waals surface area contributed by atoms with E-state index in [1.165, 1.54) is 0 Å². The Bertz CT molecular complexity index is 296. The summed E-state index contributed by atoms with van der Waals surface area (Å²) in [4.78, 5) is 2.74. The lowest BCUT2D eigenvalue weighted by atomic mass is 10.2. The van der Waals surface area contributed by atoms with Crippen LogP contribution in [-0.4, -0.2) is 4.98 Å². The van der Waals surface area contributed by atoms with Gasteiger partial charge in [0, 0.05) is 12.3 Å². The lowest BCUT2D eigenvalue weighted by Crippen LogP contribution is -2.12. The summed E-state index contributed by atoms with van der Waals surface area (Å²) in [6.45, 7) is 0. The summed E-state index contributed by atoms with van der Waals surface area (Å²) in [6, 6.07) is 1.50. The van der Waals surface area contributed by atoms with E-state index >= 15 is 0 Å². The third-order valence-corrected chi connectivity index (χ3v) is 1.30. The standard InChI is InChI=1S/C7H2F6N/c8-6(9,10)4-1-2-14-5(3-4)7(11,12)13/h2-3H. The van der Waals surface area contributed by atoms with E-state index in [2.05, 4.69) is 4.98 Å². The quantitative estimate of drug-likeness (QED) is 0.605. The topological polar surface area (TPSA) is 12.9 Å². The molecule has 1 aromatic rings. The molecule has 7 heteroatoms. The van der Waals surface area contributed by atoms with Crippen LogP contribution in [0.15, 0.2) is 12.3 Å². The summed E-state index contributed by atoms with van der Waals surface area (Å²) in [7, 11) is 0. The number of hydrogen-bond donors (Lipinski definition) is 0. The highest BCUT2D eigenvalue weighted by Crippen LogP contribution is 2.33. The summed E-state index contributed by atoms with van der Waals surface area (Å²) >= 11 is 0. The monoisotopic (exact) mass is 214 g/mol. The first-order valence-electron chi connectivity index (χ1n) is 3.23. The summed E-state index contributed by atoms with van der Waals surface area (Å²) in [5.41, 5.74) is -3.07. The number of halogens is 6. The molecule has 1 rings (SSSR count). The molecule has 0 amide bonds. The number of alkyl halides is 6. The van der Waals surface area contributed by atoms with Gasteiger partial charge in [0.1, 0.15) is 5.69 Å². The molecule has 0 unspecified atom stereocenters. The highest BCUT2D eigenvalue weighted by atomic mass is 19.4. The van der Waals surface area contributed by atoms with Crippen LogP contribution in [0.3, 0.4) is 0 Å². The van der Waals surface area contributed by atoms with Crippen molar-refractivity contribution < 1.29 is 26.3 Å². The van der Waals surface area contributed by atoms with Crippen molar-refractivity contribution in [2.24, 2.45) is 0 Å². The second kappa shape index (κ2) is 3.14. The van der Waals surface area contributed by atoms with Crippen LogP contribution in [0, 0.1) is 6.07 Å². The van der Waals surface area contributed by atoms with E-state index in [0.29, 0.717) is 6.20 Å². The summed E-state index contributed by atoms with van der Waals surface area (Å²) in [5, 5.41) is 0. The van der Waals surface area contributed by atoms with Crippen molar-refractivity contribution in [3.8, 4) is 0 Å². The van der Waals surface area contributed by atoms with Crippen molar-refractivity contribution in [3.63, 3.8) is 0 Å². The molecule has 0 N–H and O–H groups in total. The van der Waals surface area contributed by atoms with Crippen molar-refractivity contribution in [2.75, 3.05) is 0 Å². The van der Waals surface area contributed by atoms with E-state index in [0.717, 1.165) is 0 Å². The van der Waals surface area contributed by atoms with Gasteiger partial charge in [-0.3, -0.25) is 4.98 Å². The minimum Gasteiger partial charge on any atom is -0.251 e. The van der Waals surface area contributed by atoms with Gasteiger partial charge in [-0.25, -0.2) is 0 Å². The summed E-state index contributed by atoms with van der Waals surface area (Å²) in [6.07, 6.45) is -9.37. The summed E-state index contributed by atoms with van der Waals surface area (Å²) in [5.74, 6) is 0. The zero-order valence-corrected chi connectivity index (χ0v) is 6.37. The maximum atomic E-state index is 11.9. The SMILES string of the molecule is FC(F)(F)c1[c]cnc(C(F)(F)F)c1. The van der Waals surface area contributed by atoms with Gasteiger partial charge in [-0.15, -0.1) is 0 Å². The van der Waals surface area contributed by atoms with Crippen molar-refractivity contribution in [3.05, 3.63) is 29.6 Å². The fourth-order valence-electron chi connectivity index (χ4n) is 0.706. The molecule has 1 aromatic heterocycles. The van der Waals surface area contributed by atoms with Crippen LogP contribution in [-0.2, 0) is 12.4 Å². The second-order valence-corrected chi connectivity index (χ2v) is 2.34. The molecule has 14 heavy (non-hydrogen) atoms. The molecule has 0 aliphatic rings. The molecule has 0 bridgehead atoms. The van der Waals surface area contributed by atoms with Gasteiger partial charge >= 0.3 is 12.4 Å². The average molecular weight is 214 g/mol. The molecule has 77 valence electrons. The Morgan fingerprint density at radius 3 is 2.00 bits per heavy atom. The first-order chi connectivity index (χ1) is 6.21. The minimum atomic E-state index is -4.88. The van der Waals surface area contributed by atoms with Gasteiger partial charge in [-0.1, -0.05) is 0 Å². The Morgan fingerprint density at radius 1 is 1.00 bits per heavy atom. The van der Waals surface area contributed by atoms with Crippen molar-refractivity contribution >= 4 is 0 Å². The predicted octanol–water partition coefficient (Wildman–Crippen LogP) is 2.92. The van der Waals surface area contributed by atoms with Crippen molar-refractivity contribution in [1.29, 1.82) is 0 Å². The molecule has 0 saturated heterocycles. The second-order valence-electron chi connectivity index (χ2n) is 2.34. The molecular formula is C7H2F6N. The van der Waals surface area contributed by atoms with Gasteiger partial charge in [0.2, 0.25) is 0 Å². The zero-order chi connectivity index (χ0) is 11.0. The fourth-order valence-corrected chi connectivity index (χ4v) is 0.706. The van der Waals surface area contributed by atoms with Gasteiger partial charge in [0.05, 0.1) is 5.56 Å². The molecule has 0 atom stereocenters. The molecular weight excluding hydrogens is 212 g/mol. The minimum absolute atomic E-state index is 0.0833. The van der Waals surface area contributed by atoms with E-state index < -0.39 is 23.6 Å². The first-order valence-corrected chi connectivity index (χ1v) is 3.23. The molecule has 0 aliphatic heterocycles. The Hall–Kier alpha value is -1.27. The molecule has 1 heterocycles. The van der Waals surface area contributed by atoms with Gasteiger partial charge in [-0.05, 0) is 6.07 Å². The van der Waals surface area contributed by atoms with E-state index in [4.69, 9.17) is 0 Å². The highest BCUT2D eigenvalue weighted by Gasteiger charge is 2.37. The van der Waals surface area contributed by atoms with Gasteiger partial charge in [0.25, 0.3) is 0 Å². The Balaban J connectivity index is 3.15. The number of pyridine rings is 1. The number of aromatic nitrogens is 1. The number of rotatable bonds is 0. The largest absolute Gasteiger partial charge is 0.433 e. The predicted molar refractivity (Wildman–Crippen MR) is 33.1 cm³/mol. The molecule has 1 radical (unpaired) electrons. The third-order valence-electron chi connectivity index (χ3n) is 1.30. The average Bonchev–Trinajstić information content (AvgIpc) is 2.01. The molecule has 0 aromatic carbocycles. The number of nitrogens with zero attached hydrogens (tertiary/aromatic N) is 1. The molecule has 0 spiro atoms. The van der Waals surface area contributed by atoms with Crippen molar-refractivity contribution in [2.45, 2.75) is 12.4 Å². The molecule has 1 nitrogen and oxygen atoms in total. The van der Waals surface area contributed by atoms with E-state index in [1.54, 1.807) is 6.07 Å². The Labute approximate surface area is 74.4 Å². The van der Waals surface area contributed by atoms with E-state index in [1.807, 2.05) is 0 Å². The maximum Gasteiger partial charge on any atom is 0.433 e. The van der Waals surface area contributed by atoms with Crippen LogP contribution >= 0.6 is 0 Å². The Kier molecular flexibility index (Phi) is 2.43. The maximum absolute atomic E-state index is 11.9. The highest BCUT2D eigenvalue weighted by molar-refractivity contribution is 5.19. The molecule has 0 aliphatic carbocycles. The van der Waals surface area contributed by atoms with E-state index in [-0.39, 0.29) is 6.07 Å². The van der Waals surface area contributed by atoms with Crippen LogP contribution in [0.1, 0.15) is 11.3 Å². The van der Waals surface area contributed by atoms with Crippen LogP contribution < -0.4 is 0 Å². The normalized spacial score (nSPS) is 13.0. The van der Waals surface area contributed by atoms with Crippen molar-refractivity contribution in [1.82, 2.24) is 4.98 Å². The third kappa shape index (κ3) is 2.36. The number of hydrogen-bond acceptors (Lipinski definition) is 1. The molecule has 0 fully saturated rings. The fraction of sp³-hybridized carbons (Fsp3) is 0.286. The van der Waals surface area contributed by atoms with Crippen LogP contribution in [0.5, 0.6) is 0 Å². The van der Waals surface area contributed by atoms with Crippen LogP contribution in [0.2, 0.25) is 0 Å². The smallest absolute Gasteiger partial charge is 0.251 e. The van der Waals surface area contributed by atoms with Crippen LogP contribution in [0.25, 0.3) is 0 Å². The van der Waals surface area contributed by atoms with Gasteiger partial charge in [-0.2, -0.15) is 26.3 Å². The van der Waals surface area contributed by atoms with Crippen LogP contribution in [0.4, 0.5) is 26.3 Å². The summed E-state index contributed by atoms with van der Waals surface area (Å²) < 4.78 is 71.5. The van der Waals surface area contributed by atoms with Gasteiger partial charge in [0.15, 0.2) is 0 Å².